The van der Waals surface area contributed by atoms with Gasteiger partial charge in [-0.1, -0.05) is 48.5 Å². The molecule has 1 amide bonds. The Balaban J connectivity index is 1.53. The number of aromatic nitrogens is 1. The van der Waals surface area contributed by atoms with Crippen molar-refractivity contribution >= 4 is 11.7 Å². The highest BCUT2D eigenvalue weighted by atomic mass is 16.5. The van der Waals surface area contributed by atoms with E-state index in [1.165, 1.54) is 0 Å². The highest BCUT2D eigenvalue weighted by molar-refractivity contribution is 6.15. The van der Waals surface area contributed by atoms with Gasteiger partial charge in [0.25, 0.3) is 5.91 Å². The number of hydrogen-bond acceptors (Lipinski definition) is 4. The van der Waals surface area contributed by atoms with Gasteiger partial charge in [0, 0.05) is 30.1 Å². The number of carbonyl (C=O) groups excluding carboxylic acids is 2. The van der Waals surface area contributed by atoms with Crippen LogP contribution in [0.1, 0.15) is 39.1 Å². The van der Waals surface area contributed by atoms with Crippen molar-refractivity contribution in [3.63, 3.8) is 0 Å². The van der Waals surface area contributed by atoms with E-state index in [1.807, 2.05) is 30.3 Å². The van der Waals surface area contributed by atoms with Crippen molar-refractivity contribution in [3.8, 4) is 5.75 Å². The number of rotatable bonds is 5. The first-order chi connectivity index (χ1) is 14.2. The van der Waals surface area contributed by atoms with Crippen LogP contribution in [0.15, 0.2) is 79.1 Å². The highest BCUT2D eigenvalue weighted by Crippen LogP contribution is 2.22. The van der Waals surface area contributed by atoms with E-state index in [0.29, 0.717) is 29.8 Å². The molecule has 1 aliphatic heterocycles. The molecular weight excluding hydrogens is 364 g/mol. The third kappa shape index (κ3) is 4.35. The average molecular weight is 386 g/mol. The summed E-state index contributed by atoms with van der Waals surface area (Å²) >= 11 is 0. The molecule has 5 nitrogen and oxygen atoms in total. The van der Waals surface area contributed by atoms with Gasteiger partial charge in [-0.3, -0.25) is 14.6 Å². The molecule has 1 aromatic heterocycles. The molecule has 29 heavy (non-hydrogen) atoms. The van der Waals surface area contributed by atoms with E-state index in [4.69, 9.17) is 4.74 Å². The fourth-order valence-electron chi connectivity index (χ4n) is 3.61. The summed E-state index contributed by atoms with van der Waals surface area (Å²) in [6.45, 7) is 1.15. The number of hydrogen-bond donors (Lipinski definition) is 0. The molecule has 5 heteroatoms. The van der Waals surface area contributed by atoms with Crippen LogP contribution in [0, 0.1) is 0 Å². The topological polar surface area (TPSA) is 59.5 Å². The Kier molecular flexibility index (Phi) is 5.66. The number of nitrogens with zero attached hydrogens (tertiary/aromatic N) is 2. The minimum atomic E-state index is -0.142. The van der Waals surface area contributed by atoms with E-state index < -0.39 is 0 Å². The molecule has 4 rings (SSSR count). The normalized spacial score (nSPS) is 16.3. The van der Waals surface area contributed by atoms with Crippen molar-refractivity contribution in [2.24, 2.45) is 0 Å². The van der Waals surface area contributed by atoms with Crippen molar-refractivity contribution in [1.82, 2.24) is 9.88 Å². The Bertz CT molecular complexity index is 989. The number of benzene rings is 2. The Morgan fingerprint density at radius 2 is 1.59 bits per heavy atom. The van der Waals surface area contributed by atoms with E-state index in [-0.39, 0.29) is 17.8 Å². The Morgan fingerprint density at radius 3 is 2.34 bits per heavy atom. The molecule has 1 unspecified atom stereocenters. The Labute approximate surface area is 170 Å². The van der Waals surface area contributed by atoms with E-state index in [2.05, 4.69) is 4.98 Å². The summed E-state index contributed by atoms with van der Waals surface area (Å²) in [6, 6.07) is 19.7. The second-order valence-corrected chi connectivity index (χ2v) is 7.06. The van der Waals surface area contributed by atoms with Gasteiger partial charge < -0.3 is 9.64 Å². The second-order valence-electron chi connectivity index (χ2n) is 7.06. The summed E-state index contributed by atoms with van der Waals surface area (Å²) in [7, 11) is 0. The fraction of sp³-hybridized carbons (Fsp3) is 0.208. The molecular formula is C24H22N2O3. The van der Waals surface area contributed by atoms with Crippen LogP contribution in [0.5, 0.6) is 5.75 Å². The van der Waals surface area contributed by atoms with Crippen molar-refractivity contribution in [1.29, 1.82) is 0 Å². The number of carbonyl (C=O) groups is 2. The summed E-state index contributed by atoms with van der Waals surface area (Å²) in [5.41, 5.74) is 1.44. The lowest BCUT2D eigenvalue weighted by molar-refractivity contribution is 0.0536. The fourth-order valence-corrected chi connectivity index (χ4v) is 3.61. The number of pyridine rings is 1. The zero-order valence-corrected chi connectivity index (χ0v) is 16.0. The first kappa shape index (κ1) is 18.9. The van der Waals surface area contributed by atoms with Crippen LogP contribution in [0.4, 0.5) is 0 Å². The summed E-state index contributed by atoms with van der Waals surface area (Å²) < 4.78 is 6.02. The van der Waals surface area contributed by atoms with Gasteiger partial charge in [-0.15, -0.1) is 0 Å². The van der Waals surface area contributed by atoms with Crippen molar-refractivity contribution < 1.29 is 14.3 Å². The van der Waals surface area contributed by atoms with Gasteiger partial charge in [0.2, 0.25) is 0 Å². The molecule has 2 heterocycles. The molecule has 0 spiro atoms. The Morgan fingerprint density at radius 1 is 0.897 bits per heavy atom. The molecule has 3 aromatic rings. The number of ketones is 1. The quantitative estimate of drug-likeness (QED) is 0.622. The molecule has 0 aliphatic carbocycles. The number of likely N-dealkylation sites (tertiary alicyclic amines) is 1. The van der Waals surface area contributed by atoms with E-state index in [0.717, 1.165) is 18.6 Å². The first-order valence-corrected chi connectivity index (χ1v) is 9.77. The lowest BCUT2D eigenvalue weighted by atomic mass is 9.97. The molecule has 146 valence electrons. The van der Waals surface area contributed by atoms with Crippen molar-refractivity contribution in [2.75, 3.05) is 13.1 Å². The monoisotopic (exact) mass is 386 g/mol. The second kappa shape index (κ2) is 8.69. The molecule has 1 aliphatic rings. The van der Waals surface area contributed by atoms with E-state index in [1.54, 1.807) is 53.7 Å². The van der Waals surface area contributed by atoms with Crippen LogP contribution in [-0.4, -0.2) is 40.8 Å². The van der Waals surface area contributed by atoms with Crippen LogP contribution in [-0.2, 0) is 0 Å². The number of amides is 1. The van der Waals surface area contributed by atoms with Gasteiger partial charge >= 0.3 is 0 Å². The van der Waals surface area contributed by atoms with Gasteiger partial charge in [0.05, 0.1) is 12.1 Å². The van der Waals surface area contributed by atoms with Crippen molar-refractivity contribution in [2.45, 2.75) is 18.9 Å². The van der Waals surface area contributed by atoms with Crippen LogP contribution in [0.25, 0.3) is 0 Å². The van der Waals surface area contributed by atoms with E-state index >= 15 is 0 Å². The van der Waals surface area contributed by atoms with Crippen LogP contribution in [0.2, 0.25) is 0 Å². The predicted molar refractivity (Wildman–Crippen MR) is 110 cm³/mol. The molecule has 1 fully saturated rings. The first-order valence-electron chi connectivity index (χ1n) is 9.77. The third-order valence-electron chi connectivity index (χ3n) is 5.06. The highest BCUT2D eigenvalue weighted by Gasteiger charge is 2.28. The maximum atomic E-state index is 13.3. The molecule has 1 atom stereocenters. The SMILES string of the molecule is O=C(c1ccccc1)c1ccccc1C(=O)N1CCCC(Oc2ccncc2)C1. The number of ether oxygens (including phenoxy) is 1. The summed E-state index contributed by atoms with van der Waals surface area (Å²) in [5, 5.41) is 0. The maximum Gasteiger partial charge on any atom is 0.254 e. The largest absolute Gasteiger partial charge is 0.488 e. The van der Waals surface area contributed by atoms with Crippen LogP contribution in [0.3, 0.4) is 0 Å². The van der Waals surface area contributed by atoms with Crippen LogP contribution >= 0.6 is 0 Å². The molecule has 0 bridgehead atoms. The minimum Gasteiger partial charge on any atom is -0.488 e. The predicted octanol–water partition coefficient (Wildman–Crippen LogP) is 4.00. The van der Waals surface area contributed by atoms with Crippen LogP contribution < -0.4 is 4.74 Å². The van der Waals surface area contributed by atoms with Gasteiger partial charge in [-0.25, -0.2) is 0 Å². The molecule has 0 radical (unpaired) electrons. The van der Waals surface area contributed by atoms with Gasteiger partial charge in [-0.05, 0) is 31.0 Å². The van der Waals surface area contributed by atoms with Gasteiger partial charge in [0.15, 0.2) is 5.78 Å². The molecule has 2 aromatic carbocycles. The van der Waals surface area contributed by atoms with Gasteiger partial charge in [-0.2, -0.15) is 0 Å². The maximum absolute atomic E-state index is 13.3. The zero-order chi connectivity index (χ0) is 20.1. The number of piperidine rings is 1. The molecule has 1 saturated heterocycles. The Hall–Kier alpha value is -3.47. The summed E-state index contributed by atoms with van der Waals surface area (Å²) in [4.78, 5) is 32.0. The average Bonchev–Trinajstić information content (AvgIpc) is 2.79. The van der Waals surface area contributed by atoms with Crippen molar-refractivity contribution in [3.05, 3.63) is 95.8 Å². The third-order valence-corrected chi connectivity index (χ3v) is 5.06. The lowest BCUT2D eigenvalue weighted by Crippen LogP contribution is -2.44. The summed E-state index contributed by atoms with van der Waals surface area (Å²) in [5.74, 6) is 0.475. The van der Waals surface area contributed by atoms with Gasteiger partial charge in [0.1, 0.15) is 11.9 Å². The van der Waals surface area contributed by atoms with E-state index in [9.17, 15) is 9.59 Å². The molecule has 0 N–H and O–H groups in total. The standard InChI is InChI=1S/C24H22N2O3/c27-23(18-7-2-1-3-8-18)21-10-4-5-11-22(21)24(28)26-16-6-9-20(17-26)29-19-12-14-25-15-13-19/h1-5,7-8,10-15,20H,6,9,16-17H2. The summed E-state index contributed by atoms with van der Waals surface area (Å²) in [6.07, 6.45) is 5.04. The smallest absolute Gasteiger partial charge is 0.254 e. The molecule has 0 saturated carbocycles. The zero-order valence-electron chi connectivity index (χ0n) is 16.0. The lowest BCUT2D eigenvalue weighted by Gasteiger charge is -2.33. The minimum absolute atomic E-state index is 0.0768.